The van der Waals surface area contributed by atoms with Crippen molar-refractivity contribution in [1.82, 2.24) is 10.6 Å². The number of rotatable bonds is 6. The Bertz CT molecular complexity index is 1530. The molecule has 8 heteroatoms. The third-order valence-corrected chi connectivity index (χ3v) is 5.58. The monoisotopic (exact) mass is 565 g/mol. The van der Waals surface area contributed by atoms with Gasteiger partial charge in [0, 0.05) is 59.0 Å². The van der Waals surface area contributed by atoms with E-state index >= 15 is 0 Å². The van der Waals surface area contributed by atoms with E-state index in [1.807, 2.05) is 30.4 Å². The summed E-state index contributed by atoms with van der Waals surface area (Å²) in [7, 11) is 0. The number of nitrogens with one attached hydrogen (secondary N) is 2. The summed E-state index contributed by atoms with van der Waals surface area (Å²) in [5.41, 5.74) is 2.02. The Morgan fingerprint density at radius 2 is 1.21 bits per heavy atom. The van der Waals surface area contributed by atoms with Gasteiger partial charge >= 0.3 is 0 Å². The number of fused-ring (bicyclic) bond motifs is 1. The fourth-order valence-electron chi connectivity index (χ4n) is 3.63. The van der Waals surface area contributed by atoms with Crippen LogP contribution >= 0.6 is 0 Å². The minimum atomic E-state index is -0.407. The second-order valence-corrected chi connectivity index (χ2v) is 8.24. The van der Waals surface area contributed by atoms with Gasteiger partial charge in [-0.2, -0.15) is 0 Å². The third kappa shape index (κ3) is 7.67. The predicted octanol–water partition coefficient (Wildman–Crippen LogP) is 4.49. The molecule has 0 saturated carbocycles. The van der Waals surface area contributed by atoms with E-state index in [0.717, 1.165) is 0 Å². The van der Waals surface area contributed by atoms with Crippen molar-refractivity contribution in [3.05, 3.63) is 137 Å². The molecule has 0 unspecified atom stereocenters. The molecule has 0 amide bonds. The summed E-state index contributed by atoms with van der Waals surface area (Å²) in [5, 5.41) is 16.4. The van der Waals surface area contributed by atoms with E-state index in [-0.39, 0.29) is 39.9 Å². The van der Waals surface area contributed by atoms with Crippen LogP contribution in [0.15, 0.2) is 136 Å². The van der Waals surface area contributed by atoms with Gasteiger partial charge in [0.25, 0.3) is 0 Å². The summed E-state index contributed by atoms with van der Waals surface area (Å²) in [6.07, 6.45) is 17.1. The van der Waals surface area contributed by atoms with Gasteiger partial charge in [-0.05, 0) is 36.4 Å². The van der Waals surface area contributed by atoms with Crippen molar-refractivity contribution in [2.24, 2.45) is 0 Å². The molecule has 1 heterocycles. The maximum atomic E-state index is 12.0. The van der Waals surface area contributed by atoms with Crippen LogP contribution in [0.4, 0.5) is 0 Å². The first kappa shape index (κ1) is 28.9. The number of allylic oxidation sites excluding steroid dienone is 10. The Hall–Kier alpha value is -4.66. The summed E-state index contributed by atoms with van der Waals surface area (Å²) in [5.74, 6) is -0.140. The van der Waals surface area contributed by atoms with Crippen LogP contribution in [-0.4, -0.2) is 29.8 Å². The SMILES string of the molecule is O=C1C=CC=C/C1=C/NCCN/C=C1/C=CC=CC1=O.O=c1c(O)c(-c2ccccc2)oc2ccccc12.[Co]. The Kier molecular flexibility index (Phi) is 10.6. The number of aromatic hydroxyl groups is 1. The molecule has 5 rings (SSSR count). The normalized spacial score (nSPS) is 15.7. The third-order valence-electron chi connectivity index (χ3n) is 5.58. The first-order chi connectivity index (χ1) is 18.5. The van der Waals surface area contributed by atoms with Gasteiger partial charge in [0.05, 0.1) is 5.39 Å². The standard InChI is InChI=1S/C16H16N2O2.C15H10O3.Co/c19-15-7-3-1-5-13(15)11-17-9-10-18-12-14-6-2-4-8-16(14)20;16-13-11-8-4-5-9-12(11)18-15(14(13)17)10-6-2-1-3-7-10;/h1-8,11-12,17-18H,9-10H2;1-9,17H;/b13-11-,14-12-;;. The first-order valence-corrected chi connectivity index (χ1v) is 12.0. The van der Waals surface area contributed by atoms with E-state index in [4.69, 9.17) is 4.42 Å². The summed E-state index contributed by atoms with van der Waals surface area (Å²) in [6, 6.07) is 15.9. The summed E-state index contributed by atoms with van der Waals surface area (Å²) < 4.78 is 5.61. The second-order valence-electron chi connectivity index (χ2n) is 8.24. The molecule has 3 N–H and O–H groups in total. The Morgan fingerprint density at radius 3 is 1.77 bits per heavy atom. The smallest absolute Gasteiger partial charge is 0.235 e. The molecule has 0 aliphatic heterocycles. The number of ketones is 2. The molecule has 0 fully saturated rings. The Labute approximate surface area is 235 Å². The summed E-state index contributed by atoms with van der Waals surface area (Å²) >= 11 is 0. The molecule has 1 aromatic heterocycles. The van der Waals surface area contributed by atoms with Crippen molar-refractivity contribution in [3.63, 3.8) is 0 Å². The maximum Gasteiger partial charge on any atom is 0.235 e. The molecule has 3 aromatic rings. The molecule has 2 aliphatic rings. The van der Waals surface area contributed by atoms with Crippen LogP contribution < -0.4 is 16.1 Å². The topological polar surface area (TPSA) is 109 Å². The van der Waals surface area contributed by atoms with Gasteiger partial charge in [0.1, 0.15) is 5.58 Å². The second kappa shape index (κ2) is 14.3. The Morgan fingerprint density at radius 1 is 0.692 bits per heavy atom. The number of hydrogen-bond donors (Lipinski definition) is 3. The first-order valence-electron chi connectivity index (χ1n) is 12.0. The van der Waals surface area contributed by atoms with Gasteiger partial charge in [-0.25, -0.2) is 0 Å². The molecule has 0 atom stereocenters. The minimum Gasteiger partial charge on any atom is -0.502 e. The molecule has 2 aliphatic carbocycles. The van der Waals surface area contributed by atoms with Crippen LogP contribution in [0.2, 0.25) is 0 Å². The number of hydrogen-bond acceptors (Lipinski definition) is 7. The van der Waals surface area contributed by atoms with Crippen LogP contribution in [-0.2, 0) is 26.4 Å². The van der Waals surface area contributed by atoms with Gasteiger partial charge in [0.15, 0.2) is 17.3 Å². The summed E-state index contributed by atoms with van der Waals surface area (Å²) in [4.78, 5) is 34.9. The maximum absolute atomic E-state index is 12.0. The van der Waals surface area contributed by atoms with Crippen LogP contribution in [0.5, 0.6) is 5.75 Å². The van der Waals surface area contributed by atoms with Gasteiger partial charge in [-0.1, -0.05) is 66.8 Å². The number of carbonyl (C=O) groups excluding carboxylic acids is 2. The van der Waals surface area contributed by atoms with Crippen LogP contribution in [0.1, 0.15) is 0 Å². The van der Waals surface area contributed by atoms with Crippen molar-refractivity contribution >= 4 is 22.5 Å². The molecular weight excluding hydrogens is 539 g/mol. The zero-order chi connectivity index (χ0) is 26.7. The summed E-state index contributed by atoms with van der Waals surface area (Å²) in [6.45, 7) is 1.32. The van der Waals surface area contributed by atoms with E-state index in [0.29, 0.717) is 40.8 Å². The zero-order valence-electron chi connectivity index (χ0n) is 20.8. The minimum absolute atomic E-state index is 0. The molecular formula is C31H26CoN2O5. The van der Waals surface area contributed by atoms with Crippen LogP contribution in [0, 0.1) is 0 Å². The fraction of sp³-hybridized carbons (Fsp3) is 0.0645. The fourth-order valence-corrected chi connectivity index (χ4v) is 3.63. The van der Waals surface area contributed by atoms with Gasteiger partial charge in [-0.3, -0.25) is 14.4 Å². The van der Waals surface area contributed by atoms with Crippen molar-refractivity contribution in [2.45, 2.75) is 0 Å². The Balaban J connectivity index is 0.000000211. The van der Waals surface area contributed by atoms with E-state index in [1.54, 1.807) is 73.1 Å². The quantitative estimate of drug-likeness (QED) is 0.299. The average molecular weight is 565 g/mol. The number of carbonyl (C=O) groups is 2. The van der Waals surface area contributed by atoms with Gasteiger partial charge in [0.2, 0.25) is 11.2 Å². The van der Waals surface area contributed by atoms with E-state index in [9.17, 15) is 19.5 Å². The van der Waals surface area contributed by atoms with Crippen LogP contribution in [0.3, 0.4) is 0 Å². The largest absolute Gasteiger partial charge is 0.502 e. The molecule has 7 nitrogen and oxygen atoms in total. The van der Waals surface area contributed by atoms with E-state index in [2.05, 4.69) is 10.6 Å². The average Bonchev–Trinajstić information content (AvgIpc) is 2.95. The van der Waals surface area contributed by atoms with Gasteiger partial charge < -0.3 is 20.2 Å². The molecule has 0 saturated heterocycles. The van der Waals surface area contributed by atoms with Crippen molar-refractivity contribution in [1.29, 1.82) is 0 Å². The molecule has 199 valence electrons. The predicted molar refractivity (Wildman–Crippen MR) is 148 cm³/mol. The molecule has 2 aromatic carbocycles. The molecule has 0 spiro atoms. The molecule has 0 bridgehead atoms. The van der Waals surface area contributed by atoms with Crippen molar-refractivity contribution in [2.75, 3.05) is 13.1 Å². The van der Waals surface area contributed by atoms with Crippen molar-refractivity contribution in [3.8, 4) is 17.1 Å². The number of benzene rings is 2. The zero-order valence-corrected chi connectivity index (χ0v) is 21.8. The molecule has 1 radical (unpaired) electrons. The van der Waals surface area contributed by atoms with E-state index in [1.165, 1.54) is 12.2 Å². The van der Waals surface area contributed by atoms with E-state index < -0.39 is 5.43 Å². The van der Waals surface area contributed by atoms with Crippen LogP contribution in [0.25, 0.3) is 22.3 Å². The van der Waals surface area contributed by atoms with Gasteiger partial charge in [-0.15, -0.1) is 0 Å². The molecule has 39 heavy (non-hydrogen) atoms. The number of para-hydroxylation sites is 1. The van der Waals surface area contributed by atoms with Crippen molar-refractivity contribution < 1.29 is 35.9 Å².